The first-order chi connectivity index (χ1) is 10.2. The maximum Gasteiger partial charge on any atom is 0.121 e. The Kier molecular flexibility index (Phi) is 4.04. The van der Waals surface area contributed by atoms with Crippen LogP contribution in [0.5, 0.6) is 5.75 Å². The number of hydrogen-bond acceptors (Lipinski definition) is 3. The minimum atomic E-state index is 0.187. The molecule has 0 fully saturated rings. The smallest absolute Gasteiger partial charge is 0.121 e. The summed E-state index contributed by atoms with van der Waals surface area (Å²) < 4.78 is 6.55. The molecule has 1 N–H and O–H groups in total. The standard InChI is InChI=1S/C17H16ClNOS/c1-11(17-9-12-5-3-4-6-16(12)21-17)19-15-10-13(20-2)7-8-14(15)18/h3-11,19H,1-2H3. The lowest BCUT2D eigenvalue weighted by Gasteiger charge is -2.15. The lowest BCUT2D eigenvalue weighted by Crippen LogP contribution is -2.05. The second-order valence-electron chi connectivity index (χ2n) is 4.90. The summed E-state index contributed by atoms with van der Waals surface area (Å²) in [5.74, 6) is 0.797. The van der Waals surface area contributed by atoms with Crippen LogP contribution in [-0.2, 0) is 0 Å². The number of nitrogens with one attached hydrogen (secondary N) is 1. The summed E-state index contributed by atoms with van der Waals surface area (Å²) in [6, 6.07) is 16.5. The van der Waals surface area contributed by atoms with Crippen LogP contribution in [0.4, 0.5) is 5.69 Å². The van der Waals surface area contributed by atoms with Crippen LogP contribution in [0, 0.1) is 0 Å². The van der Waals surface area contributed by atoms with Crippen molar-refractivity contribution >= 4 is 38.7 Å². The Morgan fingerprint density at radius 2 is 1.95 bits per heavy atom. The van der Waals surface area contributed by atoms with Crippen LogP contribution in [0.3, 0.4) is 0 Å². The summed E-state index contributed by atoms with van der Waals surface area (Å²) in [4.78, 5) is 1.29. The first kappa shape index (κ1) is 14.2. The van der Waals surface area contributed by atoms with E-state index in [-0.39, 0.29) is 6.04 Å². The number of methoxy groups -OCH3 is 1. The van der Waals surface area contributed by atoms with Gasteiger partial charge >= 0.3 is 0 Å². The highest BCUT2D eigenvalue weighted by Gasteiger charge is 2.11. The van der Waals surface area contributed by atoms with Crippen molar-refractivity contribution in [1.82, 2.24) is 0 Å². The molecule has 0 spiro atoms. The Labute approximate surface area is 133 Å². The molecule has 1 unspecified atom stereocenters. The minimum Gasteiger partial charge on any atom is -0.497 e. The number of halogens is 1. The fourth-order valence-electron chi connectivity index (χ4n) is 2.26. The van der Waals surface area contributed by atoms with Crippen molar-refractivity contribution in [3.63, 3.8) is 0 Å². The zero-order valence-corrected chi connectivity index (χ0v) is 13.5. The number of rotatable bonds is 4. The first-order valence-corrected chi connectivity index (χ1v) is 7.95. The molecule has 0 amide bonds. The normalized spacial score (nSPS) is 12.3. The molecule has 1 aromatic heterocycles. The third-order valence-electron chi connectivity index (χ3n) is 3.42. The Hall–Kier alpha value is -1.71. The van der Waals surface area contributed by atoms with E-state index in [1.165, 1.54) is 15.0 Å². The van der Waals surface area contributed by atoms with Gasteiger partial charge in [-0.1, -0.05) is 29.8 Å². The lowest BCUT2D eigenvalue weighted by molar-refractivity contribution is 0.415. The molecule has 0 aliphatic carbocycles. The van der Waals surface area contributed by atoms with E-state index in [1.807, 2.05) is 18.2 Å². The molecular weight excluding hydrogens is 302 g/mol. The molecule has 1 heterocycles. The van der Waals surface area contributed by atoms with Crippen LogP contribution < -0.4 is 10.1 Å². The zero-order valence-electron chi connectivity index (χ0n) is 11.9. The number of anilines is 1. The average molecular weight is 318 g/mol. The van der Waals surface area contributed by atoms with Crippen molar-refractivity contribution in [2.45, 2.75) is 13.0 Å². The Balaban J connectivity index is 1.87. The third kappa shape index (κ3) is 2.99. The van der Waals surface area contributed by atoms with E-state index in [4.69, 9.17) is 16.3 Å². The lowest BCUT2D eigenvalue weighted by atomic mass is 10.2. The van der Waals surface area contributed by atoms with Crippen LogP contribution >= 0.6 is 22.9 Å². The van der Waals surface area contributed by atoms with Crippen LogP contribution in [0.15, 0.2) is 48.5 Å². The van der Waals surface area contributed by atoms with Gasteiger partial charge in [0.25, 0.3) is 0 Å². The van der Waals surface area contributed by atoms with Gasteiger partial charge in [0.2, 0.25) is 0 Å². The van der Waals surface area contributed by atoms with Gasteiger partial charge in [-0.2, -0.15) is 0 Å². The molecule has 0 saturated heterocycles. The molecule has 21 heavy (non-hydrogen) atoms. The Morgan fingerprint density at radius 1 is 1.14 bits per heavy atom. The second kappa shape index (κ2) is 5.96. The van der Waals surface area contributed by atoms with Crippen molar-refractivity contribution in [2.24, 2.45) is 0 Å². The van der Waals surface area contributed by atoms with Gasteiger partial charge in [0, 0.05) is 15.6 Å². The number of hydrogen-bond donors (Lipinski definition) is 1. The van der Waals surface area contributed by atoms with Crippen LogP contribution in [0.1, 0.15) is 17.8 Å². The maximum absolute atomic E-state index is 6.25. The van der Waals surface area contributed by atoms with E-state index in [2.05, 4.69) is 42.6 Å². The summed E-state index contributed by atoms with van der Waals surface area (Å²) in [6.45, 7) is 2.14. The van der Waals surface area contributed by atoms with Gasteiger partial charge in [0.15, 0.2) is 0 Å². The van der Waals surface area contributed by atoms with E-state index in [9.17, 15) is 0 Å². The average Bonchev–Trinajstić information content (AvgIpc) is 2.93. The van der Waals surface area contributed by atoms with Crippen molar-refractivity contribution in [1.29, 1.82) is 0 Å². The van der Waals surface area contributed by atoms with Gasteiger partial charge in [-0.25, -0.2) is 0 Å². The fraction of sp³-hybridized carbons (Fsp3) is 0.176. The fourth-order valence-corrected chi connectivity index (χ4v) is 3.50. The molecule has 0 bridgehead atoms. The van der Waals surface area contributed by atoms with E-state index < -0.39 is 0 Å². The van der Waals surface area contributed by atoms with Crippen LogP contribution in [-0.4, -0.2) is 7.11 Å². The van der Waals surface area contributed by atoms with Gasteiger partial charge < -0.3 is 10.1 Å². The largest absolute Gasteiger partial charge is 0.497 e. The molecule has 0 aliphatic rings. The van der Waals surface area contributed by atoms with E-state index in [0.29, 0.717) is 5.02 Å². The summed E-state index contributed by atoms with van der Waals surface area (Å²) >= 11 is 8.05. The zero-order chi connectivity index (χ0) is 14.8. The topological polar surface area (TPSA) is 21.3 Å². The highest BCUT2D eigenvalue weighted by Crippen LogP contribution is 2.34. The maximum atomic E-state index is 6.25. The molecule has 3 aromatic rings. The highest BCUT2D eigenvalue weighted by atomic mass is 35.5. The molecule has 2 aromatic carbocycles. The highest BCUT2D eigenvalue weighted by molar-refractivity contribution is 7.19. The molecule has 0 radical (unpaired) electrons. The number of ether oxygens (including phenoxy) is 1. The molecular formula is C17H16ClNOS. The van der Waals surface area contributed by atoms with E-state index in [0.717, 1.165) is 11.4 Å². The monoisotopic (exact) mass is 317 g/mol. The molecule has 3 rings (SSSR count). The molecule has 108 valence electrons. The van der Waals surface area contributed by atoms with Crippen molar-refractivity contribution < 1.29 is 4.74 Å². The summed E-state index contributed by atoms with van der Waals surface area (Å²) in [5.41, 5.74) is 0.890. The molecule has 1 atom stereocenters. The minimum absolute atomic E-state index is 0.187. The van der Waals surface area contributed by atoms with Crippen molar-refractivity contribution in [3.8, 4) is 5.75 Å². The Morgan fingerprint density at radius 3 is 2.71 bits per heavy atom. The van der Waals surface area contributed by atoms with Gasteiger partial charge in [0.1, 0.15) is 5.75 Å². The van der Waals surface area contributed by atoms with E-state index >= 15 is 0 Å². The third-order valence-corrected chi connectivity index (χ3v) is 5.05. The number of benzene rings is 2. The van der Waals surface area contributed by atoms with E-state index in [1.54, 1.807) is 18.4 Å². The summed E-state index contributed by atoms with van der Waals surface area (Å²) in [7, 11) is 1.66. The van der Waals surface area contributed by atoms with Gasteiger partial charge in [-0.3, -0.25) is 0 Å². The molecule has 2 nitrogen and oxygen atoms in total. The summed E-state index contributed by atoms with van der Waals surface area (Å²) in [6.07, 6.45) is 0. The molecule has 0 aliphatic heterocycles. The number of fused-ring (bicyclic) bond motifs is 1. The quantitative estimate of drug-likeness (QED) is 0.663. The summed E-state index contributed by atoms with van der Waals surface area (Å²) in [5, 5.41) is 5.44. The van der Waals surface area contributed by atoms with Gasteiger partial charge in [-0.15, -0.1) is 11.3 Å². The number of thiophene rings is 1. The predicted molar refractivity (Wildman–Crippen MR) is 91.9 cm³/mol. The second-order valence-corrected chi connectivity index (χ2v) is 6.42. The van der Waals surface area contributed by atoms with Crippen molar-refractivity contribution in [2.75, 3.05) is 12.4 Å². The molecule has 4 heteroatoms. The Bertz CT molecular complexity index is 735. The van der Waals surface area contributed by atoms with Crippen LogP contribution in [0.25, 0.3) is 10.1 Å². The van der Waals surface area contributed by atoms with Crippen LogP contribution in [0.2, 0.25) is 5.02 Å². The predicted octanol–water partition coefficient (Wildman–Crippen LogP) is 5.74. The van der Waals surface area contributed by atoms with Crippen molar-refractivity contribution in [3.05, 3.63) is 58.4 Å². The van der Waals surface area contributed by atoms with Gasteiger partial charge in [0.05, 0.1) is 23.9 Å². The SMILES string of the molecule is COc1ccc(Cl)c(NC(C)c2cc3ccccc3s2)c1. The van der Waals surface area contributed by atoms with Gasteiger partial charge in [-0.05, 0) is 36.6 Å². The first-order valence-electron chi connectivity index (χ1n) is 6.76. The molecule has 0 saturated carbocycles.